The Labute approximate surface area is 138 Å². The largest absolute Gasteiger partial charge is 0.381 e. The average molecular weight is 344 g/mol. The standard InChI is InChI=1S/C15H13Cl3N2O/c1-9(21)20-15-5-4-12(7-14(15)18)19-8-10-2-3-11(16)6-13(10)17/h2-7,19H,8H2,1H3,(H,20,21). The van der Waals surface area contributed by atoms with Crippen molar-refractivity contribution in [2.75, 3.05) is 10.6 Å². The summed E-state index contributed by atoms with van der Waals surface area (Å²) in [5, 5.41) is 7.55. The van der Waals surface area contributed by atoms with Gasteiger partial charge < -0.3 is 10.6 Å². The minimum absolute atomic E-state index is 0.162. The van der Waals surface area contributed by atoms with E-state index in [0.717, 1.165) is 11.3 Å². The lowest BCUT2D eigenvalue weighted by atomic mass is 10.2. The van der Waals surface area contributed by atoms with Crippen molar-refractivity contribution < 1.29 is 4.79 Å². The number of hydrogen-bond donors (Lipinski definition) is 2. The molecule has 0 unspecified atom stereocenters. The van der Waals surface area contributed by atoms with Crippen LogP contribution in [0.3, 0.4) is 0 Å². The Bertz CT molecular complexity index is 674. The van der Waals surface area contributed by atoms with E-state index in [1.807, 2.05) is 12.1 Å². The first kappa shape index (κ1) is 16.0. The van der Waals surface area contributed by atoms with Gasteiger partial charge >= 0.3 is 0 Å². The van der Waals surface area contributed by atoms with Crippen molar-refractivity contribution in [3.63, 3.8) is 0 Å². The molecule has 0 saturated heterocycles. The van der Waals surface area contributed by atoms with Crippen molar-refractivity contribution in [3.8, 4) is 0 Å². The van der Waals surface area contributed by atoms with Crippen molar-refractivity contribution in [2.45, 2.75) is 13.5 Å². The quantitative estimate of drug-likeness (QED) is 0.799. The maximum absolute atomic E-state index is 11.0. The van der Waals surface area contributed by atoms with Gasteiger partial charge in [-0.2, -0.15) is 0 Å². The number of benzene rings is 2. The molecule has 0 saturated carbocycles. The fraction of sp³-hybridized carbons (Fsp3) is 0.133. The van der Waals surface area contributed by atoms with E-state index in [9.17, 15) is 4.79 Å². The lowest BCUT2D eigenvalue weighted by molar-refractivity contribution is -0.114. The summed E-state index contributed by atoms with van der Waals surface area (Å²) in [5.74, 6) is -0.162. The van der Waals surface area contributed by atoms with E-state index in [4.69, 9.17) is 34.8 Å². The van der Waals surface area contributed by atoms with Crippen LogP contribution in [0.5, 0.6) is 0 Å². The molecule has 0 spiro atoms. The number of halogens is 3. The second-order valence-electron chi connectivity index (χ2n) is 4.47. The second-order valence-corrected chi connectivity index (χ2v) is 5.72. The first-order valence-corrected chi connectivity index (χ1v) is 7.34. The summed E-state index contributed by atoms with van der Waals surface area (Å²) < 4.78 is 0. The summed E-state index contributed by atoms with van der Waals surface area (Å²) in [4.78, 5) is 11.0. The molecule has 3 nitrogen and oxygen atoms in total. The molecule has 0 aliphatic rings. The molecule has 21 heavy (non-hydrogen) atoms. The predicted octanol–water partition coefficient (Wildman–Crippen LogP) is 5.22. The number of amides is 1. The van der Waals surface area contributed by atoms with Crippen LogP contribution in [-0.2, 0) is 11.3 Å². The van der Waals surface area contributed by atoms with E-state index in [2.05, 4.69) is 10.6 Å². The molecule has 110 valence electrons. The van der Waals surface area contributed by atoms with Crippen LogP contribution in [0.1, 0.15) is 12.5 Å². The summed E-state index contributed by atoms with van der Waals surface area (Å²) in [6.45, 7) is 1.98. The van der Waals surface area contributed by atoms with Gasteiger partial charge in [-0.25, -0.2) is 0 Å². The first-order valence-electron chi connectivity index (χ1n) is 6.20. The highest BCUT2D eigenvalue weighted by Crippen LogP contribution is 2.27. The van der Waals surface area contributed by atoms with Gasteiger partial charge in [0, 0.05) is 29.2 Å². The third kappa shape index (κ3) is 4.53. The molecule has 0 heterocycles. The highest BCUT2D eigenvalue weighted by atomic mass is 35.5. The van der Waals surface area contributed by atoms with Crippen LogP contribution in [0.2, 0.25) is 15.1 Å². The Morgan fingerprint density at radius 2 is 1.81 bits per heavy atom. The summed E-state index contributed by atoms with van der Waals surface area (Å²) >= 11 is 18.1. The summed E-state index contributed by atoms with van der Waals surface area (Å²) in [7, 11) is 0. The molecule has 0 aromatic heterocycles. The third-order valence-corrected chi connectivity index (χ3v) is 3.68. The van der Waals surface area contributed by atoms with Crippen molar-refractivity contribution >= 4 is 52.1 Å². The van der Waals surface area contributed by atoms with Crippen LogP contribution in [-0.4, -0.2) is 5.91 Å². The van der Waals surface area contributed by atoms with E-state index >= 15 is 0 Å². The van der Waals surface area contributed by atoms with Gasteiger partial charge in [0.25, 0.3) is 0 Å². The smallest absolute Gasteiger partial charge is 0.221 e. The van der Waals surface area contributed by atoms with Gasteiger partial charge in [-0.15, -0.1) is 0 Å². The topological polar surface area (TPSA) is 41.1 Å². The molecule has 0 aliphatic heterocycles. The summed E-state index contributed by atoms with van der Waals surface area (Å²) in [5.41, 5.74) is 2.35. The number of rotatable bonds is 4. The second kappa shape index (κ2) is 7.03. The molecule has 2 aromatic carbocycles. The Hall–Kier alpha value is -1.42. The van der Waals surface area contributed by atoms with Crippen LogP contribution < -0.4 is 10.6 Å². The Kier molecular flexibility index (Phi) is 5.34. The van der Waals surface area contributed by atoms with Crippen molar-refractivity contribution in [1.82, 2.24) is 0 Å². The minimum atomic E-state index is -0.162. The Morgan fingerprint density at radius 3 is 2.43 bits per heavy atom. The van der Waals surface area contributed by atoms with Gasteiger partial charge in [-0.1, -0.05) is 40.9 Å². The summed E-state index contributed by atoms with van der Waals surface area (Å²) in [6, 6.07) is 10.7. The zero-order valence-corrected chi connectivity index (χ0v) is 13.5. The van der Waals surface area contributed by atoms with Gasteiger partial charge in [0.05, 0.1) is 10.7 Å². The molecular weight excluding hydrogens is 331 g/mol. The van der Waals surface area contributed by atoms with Crippen molar-refractivity contribution in [2.24, 2.45) is 0 Å². The lowest BCUT2D eigenvalue weighted by Gasteiger charge is -2.11. The molecule has 2 rings (SSSR count). The zero-order valence-electron chi connectivity index (χ0n) is 11.2. The van der Waals surface area contributed by atoms with Gasteiger partial charge in [-0.3, -0.25) is 4.79 Å². The molecular formula is C15H13Cl3N2O. The highest BCUT2D eigenvalue weighted by Gasteiger charge is 2.05. The number of nitrogens with one attached hydrogen (secondary N) is 2. The maximum atomic E-state index is 11.0. The van der Waals surface area contributed by atoms with Gasteiger partial charge in [0.1, 0.15) is 0 Å². The molecule has 2 aromatic rings. The molecule has 0 fully saturated rings. The van der Waals surface area contributed by atoms with Gasteiger partial charge in [-0.05, 0) is 35.9 Å². The molecule has 1 amide bonds. The molecule has 0 aliphatic carbocycles. The zero-order chi connectivity index (χ0) is 15.4. The SMILES string of the molecule is CC(=O)Nc1ccc(NCc2ccc(Cl)cc2Cl)cc1Cl. The normalized spacial score (nSPS) is 10.3. The van der Waals surface area contributed by atoms with Crippen LogP contribution in [0, 0.1) is 0 Å². The first-order chi connectivity index (χ1) is 9.95. The van der Waals surface area contributed by atoms with E-state index in [-0.39, 0.29) is 5.91 Å². The highest BCUT2D eigenvalue weighted by molar-refractivity contribution is 6.35. The predicted molar refractivity (Wildman–Crippen MR) is 89.5 cm³/mol. The number of anilines is 2. The van der Waals surface area contributed by atoms with E-state index in [1.165, 1.54) is 6.92 Å². The molecule has 0 bridgehead atoms. The van der Waals surface area contributed by atoms with Crippen LogP contribution in [0.25, 0.3) is 0 Å². The monoisotopic (exact) mass is 342 g/mol. The Balaban J connectivity index is 2.06. The number of carbonyl (C=O) groups excluding carboxylic acids is 1. The Morgan fingerprint density at radius 1 is 1.05 bits per heavy atom. The van der Waals surface area contributed by atoms with Crippen LogP contribution >= 0.6 is 34.8 Å². The lowest BCUT2D eigenvalue weighted by Crippen LogP contribution is -2.06. The number of carbonyl (C=O) groups is 1. The number of hydrogen-bond acceptors (Lipinski definition) is 2. The average Bonchev–Trinajstić information content (AvgIpc) is 2.40. The molecule has 0 radical (unpaired) electrons. The maximum Gasteiger partial charge on any atom is 0.221 e. The summed E-state index contributed by atoms with van der Waals surface area (Å²) in [6.07, 6.45) is 0. The van der Waals surface area contributed by atoms with E-state index in [0.29, 0.717) is 27.3 Å². The fourth-order valence-electron chi connectivity index (χ4n) is 1.78. The molecule has 2 N–H and O–H groups in total. The van der Waals surface area contributed by atoms with E-state index in [1.54, 1.807) is 24.3 Å². The fourth-order valence-corrected chi connectivity index (χ4v) is 2.48. The third-order valence-electron chi connectivity index (χ3n) is 2.78. The minimum Gasteiger partial charge on any atom is -0.381 e. The van der Waals surface area contributed by atoms with Gasteiger partial charge in [0.2, 0.25) is 5.91 Å². The van der Waals surface area contributed by atoms with Crippen LogP contribution in [0.4, 0.5) is 11.4 Å². The molecule has 6 heteroatoms. The van der Waals surface area contributed by atoms with Gasteiger partial charge in [0.15, 0.2) is 0 Å². The van der Waals surface area contributed by atoms with Crippen LogP contribution in [0.15, 0.2) is 36.4 Å². The molecule has 0 atom stereocenters. The van der Waals surface area contributed by atoms with E-state index < -0.39 is 0 Å². The van der Waals surface area contributed by atoms with Crippen molar-refractivity contribution in [1.29, 1.82) is 0 Å². The van der Waals surface area contributed by atoms with Crippen molar-refractivity contribution in [3.05, 3.63) is 57.0 Å².